The van der Waals surface area contributed by atoms with E-state index in [0.29, 0.717) is 5.56 Å². The van der Waals surface area contributed by atoms with Gasteiger partial charge in [0.05, 0.1) is 23.1 Å². The van der Waals surface area contributed by atoms with Gasteiger partial charge in [-0.15, -0.1) is 0 Å². The Bertz CT molecular complexity index is 848. The largest absolute Gasteiger partial charge is 0.355 e. The van der Waals surface area contributed by atoms with Gasteiger partial charge < -0.3 is 10.2 Å². The highest BCUT2D eigenvalue weighted by atomic mass is 16.1. The highest BCUT2D eigenvalue weighted by molar-refractivity contribution is 5.93. The van der Waals surface area contributed by atoms with Gasteiger partial charge in [-0.1, -0.05) is 12.8 Å². The van der Waals surface area contributed by atoms with Crippen LogP contribution in [-0.2, 0) is 4.79 Å². The van der Waals surface area contributed by atoms with Crippen molar-refractivity contribution in [1.29, 1.82) is 5.26 Å². The molecule has 7 nitrogen and oxygen atoms in total. The van der Waals surface area contributed by atoms with Crippen LogP contribution >= 0.6 is 0 Å². The molecule has 2 aliphatic rings. The van der Waals surface area contributed by atoms with Gasteiger partial charge in [0, 0.05) is 31.1 Å². The number of piperidine rings is 1. The molecule has 27 heavy (non-hydrogen) atoms. The third-order valence-electron chi connectivity index (χ3n) is 5.69. The van der Waals surface area contributed by atoms with E-state index in [0.717, 1.165) is 68.8 Å². The lowest BCUT2D eigenvalue weighted by molar-refractivity contribution is -0.119. The lowest BCUT2D eigenvalue weighted by atomic mass is 9.93. The van der Waals surface area contributed by atoms with Crippen LogP contribution in [0, 0.1) is 17.2 Å². The number of hydrogen-bond donors (Lipinski definition) is 2. The van der Waals surface area contributed by atoms with Gasteiger partial charge in [-0.05, 0) is 37.8 Å². The molecule has 2 fully saturated rings. The van der Waals surface area contributed by atoms with Crippen molar-refractivity contribution < 1.29 is 4.79 Å². The van der Waals surface area contributed by atoms with Gasteiger partial charge in [0.25, 0.3) is 0 Å². The molecule has 140 valence electrons. The fourth-order valence-corrected chi connectivity index (χ4v) is 4.27. The number of carbonyl (C=O) groups is 1. The second-order valence-electron chi connectivity index (χ2n) is 7.44. The van der Waals surface area contributed by atoms with Crippen molar-refractivity contribution >= 4 is 17.4 Å². The number of nitrogens with one attached hydrogen (secondary N) is 2. The number of nitriles is 1. The van der Waals surface area contributed by atoms with Crippen molar-refractivity contribution in [2.45, 2.75) is 44.4 Å². The van der Waals surface area contributed by atoms with Crippen LogP contribution in [0.25, 0.3) is 0 Å². The van der Waals surface area contributed by atoms with E-state index >= 15 is 0 Å². The fourth-order valence-electron chi connectivity index (χ4n) is 4.27. The van der Waals surface area contributed by atoms with Gasteiger partial charge in [0.1, 0.15) is 11.9 Å². The maximum Gasteiger partial charge on any atom is 0.227 e. The molecule has 0 spiro atoms. The molecule has 2 N–H and O–H groups in total. The van der Waals surface area contributed by atoms with E-state index in [4.69, 9.17) is 0 Å². The molecule has 0 radical (unpaired) electrons. The summed E-state index contributed by atoms with van der Waals surface area (Å²) in [6.07, 6.45) is 9.69. The smallest absolute Gasteiger partial charge is 0.227 e. The maximum atomic E-state index is 12.5. The summed E-state index contributed by atoms with van der Waals surface area (Å²) in [6, 6.07) is 5.82. The minimum absolute atomic E-state index is 0.110. The third kappa shape index (κ3) is 3.65. The van der Waals surface area contributed by atoms with E-state index in [9.17, 15) is 10.1 Å². The first-order valence-corrected chi connectivity index (χ1v) is 9.70. The summed E-state index contributed by atoms with van der Waals surface area (Å²) in [6.45, 7) is 1.63. The van der Waals surface area contributed by atoms with Crippen LogP contribution in [0.4, 0.5) is 11.5 Å². The van der Waals surface area contributed by atoms with Gasteiger partial charge >= 0.3 is 0 Å². The molecule has 1 saturated carbocycles. The molecule has 1 aliphatic carbocycles. The Hall–Kier alpha value is -2.88. The third-order valence-corrected chi connectivity index (χ3v) is 5.69. The van der Waals surface area contributed by atoms with Crippen molar-refractivity contribution in [3.8, 4) is 6.07 Å². The summed E-state index contributed by atoms with van der Waals surface area (Å²) in [5, 5.41) is 19.7. The number of amides is 1. The SMILES string of the molecule is N#Cc1cccnc1N1CCCC(c2[nH]ncc2NC(=O)C2CCCC2)C1. The standard InChI is InChI=1S/C20H24N6O/c21-11-15-7-3-9-22-19(15)26-10-4-8-16(13-26)18-17(12-23-25-18)24-20(27)14-5-1-2-6-14/h3,7,9,12,14,16H,1-2,4-6,8,10,13H2,(H,23,25)(H,24,27). The molecular weight excluding hydrogens is 340 g/mol. The van der Waals surface area contributed by atoms with Crippen LogP contribution in [0.15, 0.2) is 24.5 Å². The van der Waals surface area contributed by atoms with E-state index in [1.807, 2.05) is 0 Å². The van der Waals surface area contributed by atoms with Crippen molar-refractivity contribution in [1.82, 2.24) is 15.2 Å². The first-order chi connectivity index (χ1) is 13.3. The molecule has 0 bridgehead atoms. The van der Waals surface area contributed by atoms with Crippen LogP contribution in [0.2, 0.25) is 0 Å². The Kier molecular flexibility index (Phi) is 5.05. The number of carbonyl (C=O) groups excluding carboxylic acids is 1. The number of anilines is 2. The number of aromatic amines is 1. The molecule has 1 aliphatic heterocycles. The fraction of sp³-hybridized carbons (Fsp3) is 0.500. The minimum atomic E-state index is 0.110. The van der Waals surface area contributed by atoms with Crippen LogP contribution in [0.5, 0.6) is 0 Å². The Balaban J connectivity index is 1.50. The van der Waals surface area contributed by atoms with E-state index in [1.165, 1.54) is 0 Å². The predicted octanol–water partition coefficient (Wildman–Crippen LogP) is 3.19. The minimum Gasteiger partial charge on any atom is -0.355 e. The molecule has 2 aromatic rings. The number of hydrogen-bond acceptors (Lipinski definition) is 5. The second-order valence-corrected chi connectivity index (χ2v) is 7.44. The Morgan fingerprint density at radius 3 is 2.96 bits per heavy atom. The highest BCUT2D eigenvalue weighted by Gasteiger charge is 2.28. The molecule has 1 amide bonds. The zero-order valence-electron chi connectivity index (χ0n) is 15.3. The molecule has 7 heteroatoms. The second kappa shape index (κ2) is 7.78. The van der Waals surface area contributed by atoms with Crippen LogP contribution in [-0.4, -0.2) is 34.2 Å². The molecule has 2 aromatic heterocycles. The summed E-state index contributed by atoms with van der Waals surface area (Å²) >= 11 is 0. The zero-order chi connectivity index (χ0) is 18.6. The van der Waals surface area contributed by atoms with Crippen LogP contribution in [0.1, 0.15) is 55.7 Å². The number of rotatable bonds is 4. The Labute approximate surface area is 158 Å². The summed E-state index contributed by atoms with van der Waals surface area (Å²) < 4.78 is 0. The number of aromatic nitrogens is 3. The van der Waals surface area contributed by atoms with E-state index in [1.54, 1.807) is 24.5 Å². The number of H-pyrrole nitrogens is 1. The average molecular weight is 364 g/mol. The zero-order valence-corrected chi connectivity index (χ0v) is 15.3. The molecule has 1 unspecified atom stereocenters. The predicted molar refractivity (Wildman–Crippen MR) is 102 cm³/mol. The monoisotopic (exact) mass is 364 g/mol. The van der Waals surface area contributed by atoms with Crippen molar-refractivity contribution in [3.63, 3.8) is 0 Å². The van der Waals surface area contributed by atoms with Gasteiger partial charge in [-0.2, -0.15) is 10.4 Å². The van der Waals surface area contributed by atoms with Crippen LogP contribution in [0.3, 0.4) is 0 Å². The first-order valence-electron chi connectivity index (χ1n) is 9.70. The molecule has 4 rings (SSSR count). The summed E-state index contributed by atoms with van der Waals surface area (Å²) in [7, 11) is 0. The normalized spacial score (nSPS) is 20.4. The summed E-state index contributed by atoms with van der Waals surface area (Å²) in [4.78, 5) is 19.1. The summed E-state index contributed by atoms with van der Waals surface area (Å²) in [5.41, 5.74) is 2.36. The van der Waals surface area contributed by atoms with Crippen molar-refractivity contribution in [2.24, 2.45) is 5.92 Å². The van der Waals surface area contributed by atoms with Crippen molar-refractivity contribution in [2.75, 3.05) is 23.3 Å². The van der Waals surface area contributed by atoms with E-state index < -0.39 is 0 Å². The summed E-state index contributed by atoms with van der Waals surface area (Å²) in [5.74, 6) is 1.19. The average Bonchev–Trinajstić information content (AvgIpc) is 3.40. The highest BCUT2D eigenvalue weighted by Crippen LogP contribution is 2.33. The number of nitrogens with zero attached hydrogens (tertiary/aromatic N) is 4. The van der Waals surface area contributed by atoms with E-state index in [-0.39, 0.29) is 17.7 Å². The van der Waals surface area contributed by atoms with Gasteiger partial charge in [-0.25, -0.2) is 4.98 Å². The van der Waals surface area contributed by atoms with Gasteiger partial charge in [0.2, 0.25) is 5.91 Å². The van der Waals surface area contributed by atoms with Crippen molar-refractivity contribution in [3.05, 3.63) is 35.8 Å². The molecule has 1 atom stereocenters. The van der Waals surface area contributed by atoms with E-state index in [2.05, 4.69) is 31.5 Å². The number of pyridine rings is 1. The Morgan fingerprint density at radius 1 is 1.30 bits per heavy atom. The van der Waals surface area contributed by atoms with Gasteiger partial charge in [0.15, 0.2) is 0 Å². The van der Waals surface area contributed by atoms with Gasteiger partial charge in [-0.3, -0.25) is 9.89 Å². The Morgan fingerprint density at radius 2 is 2.15 bits per heavy atom. The lowest BCUT2D eigenvalue weighted by Gasteiger charge is -2.33. The quantitative estimate of drug-likeness (QED) is 0.868. The molecule has 3 heterocycles. The molecular formula is C20H24N6O. The maximum absolute atomic E-state index is 12.5. The molecule has 1 saturated heterocycles. The van der Waals surface area contributed by atoms with Crippen LogP contribution < -0.4 is 10.2 Å². The molecule has 0 aromatic carbocycles. The topological polar surface area (TPSA) is 97.7 Å². The lowest BCUT2D eigenvalue weighted by Crippen LogP contribution is -2.36. The first kappa shape index (κ1) is 17.5.